The first-order chi connectivity index (χ1) is 23.2. The normalized spacial score (nSPS) is 16.7. The molecule has 1 aliphatic heterocycles. The van der Waals surface area contributed by atoms with Crippen molar-refractivity contribution < 1.29 is 33.4 Å². The lowest BCUT2D eigenvalue weighted by Crippen LogP contribution is -2.55. The molecule has 4 rings (SSSR count). The molecule has 3 atom stereocenters. The molecule has 12 heteroatoms. The summed E-state index contributed by atoms with van der Waals surface area (Å²) in [5.74, 6) is -1.61. The second kappa shape index (κ2) is 16.2. The zero-order chi connectivity index (χ0) is 35.9. The van der Waals surface area contributed by atoms with E-state index in [1.807, 2.05) is 38.1 Å². The highest BCUT2D eigenvalue weighted by atomic mass is 16.6. The molecule has 0 spiro atoms. The van der Waals surface area contributed by atoms with E-state index in [1.54, 1.807) is 25.7 Å². The van der Waals surface area contributed by atoms with Crippen molar-refractivity contribution in [1.29, 1.82) is 0 Å². The number of primary amides is 1. The van der Waals surface area contributed by atoms with Gasteiger partial charge < -0.3 is 35.6 Å². The van der Waals surface area contributed by atoms with Gasteiger partial charge in [-0.25, -0.2) is 9.59 Å². The molecule has 266 valence electrons. The van der Waals surface area contributed by atoms with Gasteiger partial charge in [-0.05, 0) is 95.9 Å². The number of alkyl carbamates (subject to hydrolysis) is 1. The minimum absolute atomic E-state index is 0.0495. The summed E-state index contributed by atoms with van der Waals surface area (Å²) in [5.41, 5.74) is 9.13. The van der Waals surface area contributed by atoms with Crippen molar-refractivity contribution in [3.8, 4) is 11.1 Å². The maximum atomic E-state index is 13.8. The van der Waals surface area contributed by atoms with Crippen LogP contribution in [0.25, 0.3) is 11.1 Å². The van der Waals surface area contributed by atoms with Gasteiger partial charge in [-0.15, -0.1) is 0 Å². The molecule has 0 aromatic heterocycles. The summed E-state index contributed by atoms with van der Waals surface area (Å²) in [7, 11) is 0. The minimum atomic E-state index is -0.959. The van der Waals surface area contributed by atoms with Crippen LogP contribution in [0, 0.1) is 0 Å². The quantitative estimate of drug-likeness (QED) is 0.259. The van der Waals surface area contributed by atoms with Crippen molar-refractivity contribution in [3.63, 3.8) is 0 Å². The third kappa shape index (κ3) is 9.51. The summed E-state index contributed by atoms with van der Waals surface area (Å²) in [6, 6.07) is 13.6. The summed E-state index contributed by atoms with van der Waals surface area (Å²) in [6.45, 7) is 11.5. The predicted molar refractivity (Wildman–Crippen MR) is 185 cm³/mol. The smallest absolute Gasteiger partial charge is 0.410 e. The van der Waals surface area contributed by atoms with Crippen LogP contribution in [0.15, 0.2) is 48.5 Å². The lowest BCUT2D eigenvalue weighted by molar-refractivity contribution is -0.140. The van der Waals surface area contributed by atoms with Crippen molar-refractivity contribution in [2.24, 2.45) is 5.73 Å². The van der Waals surface area contributed by atoms with Gasteiger partial charge in [0.25, 0.3) is 0 Å². The highest BCUT2D eigenvalue weighted by Crippen LogP contribution is 2.44. The number of hydrogen-bond acceptors (Lipinski definition) is 7. The van der Waals surface area contributed by atoms with Crippen LogP contribution < -0.4 is 16.4 Å². The molecule has 0 bridgehead atoms. The van der Waals surface area contributed by atoms with E-state index in [-0.39, 0.29) is 25.0 Å². The first kappa shape index (κ1) is 37.2. The number of hydrogen-bond donors (Lipinski definition) is 3. The number of nitrogens with two attached hydrogens (primary N) is 1. The van der Waals surface area contributed by atoms with E-state index in [1.165, 1.54) is 11.8 Å². The predicted octanol–water partition coefficient (Wildman–Crippen LogP) is 4.69. The summed E-state index contributed by atoms with van der Waals surface area (Å²) >= 11 is 0. The Kier molecular flexibility index (Phi) is 12.3. The number of rotatable bonds is 13. The van der Waals surface area contributed by atoms with Gasteiger partial charge in [-0.2, -0.15) is 0 Å². The van der Waals surface area contributed by atoms with Gasteiger partial charge in [-0.1, -0.05) is 48.5 Å². The number of carbonyl (C=O) groups is 5. The Labute approximate surface area is 289 Å². The van der Waals surface area contributed by atoms with Crippen LogP contribution in [0.5, 0.6) is 0 Å². The molecule has 1 saturated heterocycles. The Bertz CT molecular complexity index is 1470. The SMILES string of the molecule is CC(C)N(CCCC[C@H](NC(=O)OC(C)(C)C)C(=O)N1CCC[C@H]1C(=O)N[C@H](C)C(N)=O)C(=O)OCC1c2ccccc2-c2ccccc21. The van der Waals surface area contributed by atoms with Crippen molar-refractivity contribution in [3.05, 3.63) is 59.7 Å². The zero-order valence-electron chi connectivity index (χ0n) is 29.5. The highest BCUT2D eigenvalue weighted by molar-refractivity contribution is 5.94. The van der Waals surface area contributed by atoms with E-state index < -0.39 is 53.6 Å². The molecule has 49 heavy (non-hydrogen) atoms. The number of nitrogens with zero attached hydrogens (tertiary/aromatic N) is 2. The van der Waals surface area contributed by atoms with Crippen molar-refractivity contribution in [1.82, 2.24) is 20.4 Å². The summed E-state index contributed by atoms with van der Waals surface area (Å²) in [5, 5.41) is 5.28. The molecule has 1 heterocycles. The Morgan fingerprint density at radius 2 is 1.55 bits per heavy atom. The highest BCUT2D eigenvalue weighted by Gasteiger charge is 2.39. The number of amides is 5. The van der Waals surface area contributed by atoms with Crippen LogP contribution in [0.4, 0.5) is 9.59 Å². The third-order valence-corrected chi connectivity index (χ3v) is 8.95. The number of nitrogens with one attached hydrogen (secondary N) is 2. The largest absolute Gasteiger partial charge is 0.448 e. The minimum Gasteiger partial charge on any atom is -0.448 e. The van der Waals surface area contributed by atoms with Gasteiger partial charge in [0, 0.05) is 25.0 Å². The van der Waals surface area contributed by atoms with Gasteiger partial charge >= 0.3 is 12.2 Å². The number of fused-ring (bicyclic) bond motifs is 3. The maximum absolute atomic E-state index is 13.8. The van der Waals surface area contributed by atoms with Crippen molar-refractivity contribution >= 4 is 29.9 Å². The van der Waals surface area contributed by atoms with Gasteiger partial charge in [0.05, 0.1) is 0 Å². The summed E-state index contributed by atoms with van der Waals surface area (Å²) in [6.07, 6.45) is 1.17. The molecular weight excluding hydrogens is 626 g/mol. The molecule has 2 aromatic rings. The molecule has 1 fully saturated rings. The van der Waals surface area contributed by atoms with Gasteiger partial charge in [0.15, 0.2) is 0 Å². The Morgan fingerprint density at radius 3 is 2.12 bits per heavy atom. The van der Waals surface area contributed by atoms with Crippen LogP contribution >= 0.6 is 0 Å². The number of ether oxygens (including phenoxy) is 2. The number of benzene rings is 2. The fourth-order valence-corrected chi connectivity index (χ4v) is 6.46. The van der Waals surface area contributed by atoms with E-state index in [0.29, 0.717) is 38.8 Å². The molecule has 0 radical (unpaired) electrons. The van der Waals surface area contributed by atoms with E-state index in [2.05, 4.69) is 34.9 Å². The Balaban J connectivity index is 1.37. The fraction of sp³-hybridized carbons (Fsp3) is 0.541. The lowest BCUT2D eigenvalue weighted by atomic mass is 9.98. The molecule has 2 aromatic carbocycles. The standard InChI is InChI=1S/C37H51N5O7/c1-23(2)41(36(47)48-22-29-27-16-9-7-14-25(27)26-15-8-10-17-28(26)29)20-12-11-18-30(40-35(46)49-37(4,5)6)34(45)42-21-13-19-31(42)33(44)39-24(3)32(38)43/h7-10,14-17,23-24,29-31H,11-13,18-22H2,1-6H3,(H2,38,43)(H,39,44)(H,40,46)/t24-,30+,31+/m1/s1. The second-order valence-electron chi connectivity index (χ2n) is 14.1. The van der Waals surface area contributed by atoms with Crippen LogP contribution in [-0.2, 0) is 23.9 Å². The van der Waals surface area contributed by atoms with E-state index >= 15 is 0 Å². The van der Waals surface area contributed by atoms with E-state index in [9.17, 15) is 24.0 Å². The molecule has 0 saturated carbocycles. The van der Waals surface area contributed by atoms with Gasteiger partial charge in [0.1, 0.15) is 30.3 Å². The van der Waals surface area contributed by atoms with Crippen LogP contribution in [-0.4, -0.2) is 89.2 Å². The van der Waals surface area contributed by atoms with E-state index in [0.717, 1.165) is 22.3 Å². The molecular formula is C37H51N5O7. The second-order valence-corrected chi connectivity index (χ2v) is 14.1. The Hall–Kier alpha value is -4.61. The maximum Gasteiger partial charge on any atom is 0.410 e. The van der Waals surface area contributed by atoms with E-state index in [4.69, 9.17) is 15.2 Å². The monoisotopic (exact) mass is 677 g/mol. The average Bonchev–Trinajstić information content (AvgIpc) is 3.65. The fourth-order valence-electron chi connectivity index (χ4n) is 6.46. The molecule has 4 N–H and O–H groups in total. The van der Waals surface area contributed by atoms with Crippen molar-refractivity contribution in [2.45, 2.75) is 109 Å². The van der Waals surface area contributed by atoms with Gasteiger partial charge in [-0.3, -0.25) is 14.4 Å². The molecule has 5 amide bonds. The average molecular weight is 678 g/mol. The Morgan fingerprint density at radius 1 is 0.939 bits per heavy atom. The lowest BCUT2D eigenvalue weighted by Gasteiger charge is -2.30. The molecule has 1 aliphatic carbocycles. The summed E-state index contributed by atoms with van der Waals surface area (Å²) < 4.78 is 11.3. The third-order valence-electron chi connectivity index (χ3n) is 8.95. The van der Waals surface area contributed by atoms with Crippen LogP contribution in [0.2, 0.25) is 0 Å². The first-order valence-corrected chi connectivity index (χ1v) is 17.2. The molecule has 0 unspecified atom stereocenters. The number of likely N-dealkylation sites (tertiary alicyclic amines) is 1. The zero-order valence-corrected chi connectivity index (χ0v) is 29.5. The number of unbranched alkanes of at least 4 members (excludes halogenated alkanes) is 1. The first-order valence-electron chi connectivity index (χ1n) is 17.2. The number of carbonyl (C=O) groups excluding carboxylic acids is 5. The van der Waals surface area contributed by atoms with Crippen LogP contribution in [0.1, 0.15) is 90.7 Å². The topological polar surface area (TPSA) is 160 Å². The molecule has 12 nitrogen and oxygen atoms in total. The van der Waals surface area contributed by atoms with Gasteiger partial charge in [0.2, 0.25) is 17.7 Å². The van der Waals surface area contributed by atoms with Crippen LogP contribution in [0.3, 0.4) is 0 Å². The molecule has 2 aliphatic rings. The summed E-state index contributed by atoms with van der Waals surface area (Å²) in [4.78, 5) is 67.5. The van der Waals surface area contributed by atoms with Crippen molar-refractivity contribution in [2.75, 3.05) is 19.7 Å².